The van der Waals surface area contributed by atoms with Gasteiger partial charge in [-0.05, 0) is 73.4 Å². The van der Waals surface area contributed by atoms with Crippen LogP contribution in [0.15, 0.2) is 42.5 Å². The molecule has 38 heavy (non-hydrogen) atoms. The number of ether oxygens (including phenoxy) is 2. The van der Waals surface area contributed by atoms with Gasteiger partial charge in [-0.2, -0.15) is 0 Å². The summed E-state index contributed by atoms with van der Waals surface area (Å²) in [4.78, 5) is 0. The molecule has 1 saturated carbocycles. The minimum Gasteiger partial charge on any atom is -0.494 e. The summed E-state index contributed by atoms with van der Waals surface area (Å²) in [6.45, 7) is 1.38. The van der Waals surface area contributed by atoms with Crippen molar-refractivity contribution in [1.29, 1.82) is 0 Å². The average Bonchev–Trinajstić information content (AvgIpc) is 2.94. The van der Waals surface area contributed by atoms with Crippen LogP contribution in [0.2, 0.25) is 5.02 Å². The molecule has 4 atom stereocenters. The second kappa shape index (κ2) is 15.3. The van der Waals surface area contributed by atoms with Crippen molar-refractivity contribution in [3.05, 3.63) is 64.2 Å². The molecule has 0 spiro atoms. The van der Waals surface area contributed by atoms with Crippen molar-refractivity contribution in [2.24, 2.45) is 0 Å². The van der Waals surface area contributed by atoms with Crippen molar-refractivity contribution in [2.45, 2.75) is 94.2 Å². The number of halogens is 1. The van der Waals surface area contributed by atoms with Crippen LogP contribution in [0.1, 0.15) is 87.0 Å². The third kappa shape index (κ3) is 9.04. The molecule has 210 valence electrons. The fourth-order valence-corrected chi connectivity index (χ4v) is 6.87. The number of nitrogens with one attached hydrogen (secondary N) is 1. The standard InChI is InChI=1S/C30H42ClNO5S/c31-29-14-11-23(30-20-25(34)19-27(21-33)37-30)18-24(29)17-22-9-12-26(13-10-22)36-16-6-2-5-15-32-38(35)28-7-3-1-4-8-28/h9-14,18,25,27-28,30,32-34H,1-8,15-17,19-21H2. The second-order valence-corrected chi connectivity index (χ2v) is 12.5. The molecular formula is C30H42ClNO5S. The maximum atomic E-state index is 12.3. The van der Waals surface area contributed by atoms with Crippen molar-refractivity contribution in [2.75, 3.05) is 19.8 Å². The highest BCUT2D eigenvalue weighted by Gasteiger charge is 2.29. The van der Waals surface area contributed by atoms with Crippen molar-refractivity contribution < 1.29 is 23.9 Å². The van der Waals surface area contributed by atoms with E-state index in [1.165, 1.54) is 19.3 Å². The van der Waals surface area contributed by atoms with Gasteiger partial charge in [0, 0.05) is 29.7 Å². The van der Waals surface area contributed by atoms with Gasteiger partial charge >= 0.3 is 0 Å². The minimum absolute atomic E-state index is 0.0951. The largest absolute Gasteiger partial charge is 0.494 e. The first-order chi connectivity index (χ1) is 18.5. The van der Waals surface area contributed by atoms with E-state index in [1.54, 1.807) is 0 Å². The topological polar surface area (TPSA) is 88.0 Å². The van der Waals surface area contributed by atoms with Crippen LogP contribution in [0.25, 0.3) is 0 Å². The van der Waals surface area contributed by atoms with Gasteiger partial charge in [0.2, 0.25) is 0 Å². The van der Waals surface area contributed by atoms with E-state index in [0.717, 1.165) is 61.1 Å². The number of aliphatic hydroxyl groups is 2. The summed E-state index contributed by atoms with van der Waals surface area (Å²) in [7, 11) is -0.883. The normalized spacial score (nSPS) is 23.3. The predicted octanol–water partition coefficient (Wildman–Crippen LogP) is 5.64. The van der Waals surface area contributed by atoms with Crippen LogP contribution in [0.5, 0.6) is 5.75 Å². The summed E-state index contributed by atoms with van der Waals surface area (Å²) < 4.78 is 27.4. The van der Waals surface area contributed by atoms with Crippen molar-refractivity contribution in [3.8, 4) is 5.75 Å². The van der Waals surface area contributed by atoms with Gasteiger partial charge in [-0.3, -0.25) is 0 Å². The Morgan fingerprint density at radius 3 is 2.58 bits per heavy atom. The number of aliphatic hydroxyl groups excluding tert-OH is 2. The first kappa shape index (κ1) is 29.5. The Labute approximate surface area is 234 Å². The molecule has 2 aliphatic rings. The molecule has 0 aromatic heterocycles. The molecule has 4 rings (SSSR count). The van der Waals surface area contributed by atoms with Crippen molar-refractivity contribution in [1.82, 2.24) is 4.72 Å². The molecule has 8 heteroatoms. The molecule has 0 bridgehead atoms. The zero-order chi connectivity index (χ0) is 26.7. The number of hydrogen-bond donors (Lipinski definition) is 3. The summed E-state index contributed by atoms with van der Waals surface area (Å²) in [6.07, 6.45) is 9.50. The van der Waals surface area contributed by atoms with Gasteiger partial charge in [-0.25, -0.2) is 8.93 Å². The summed E-state index contributed by atoms with van der Waals surface area (Å²) in [5.41, 5.74) is 3.10. The lowest BCUT2D eigenvalue weighted by atomic mass is 9.94. The van der Waals surface area contributed by atoms with E-state index in [2.05, 4.69) is 16.9 Å². The van der Waals surface area contributed by atoms with Gasteiger partial charge in [0.15, 0.2) is 0 Å². The monoisotopic (exact) mass is 563 g/mol. The minimum atomic E-state index is -0.883. The van der Waals surface area contributed by atoms with Gasteiger partial charge in [-0.15, -0.1) is 0 Å². The van der Waals surface area contributed by atoms with Crippen molar-refractivity contribution >= 4 is 22.6 Å². The van der Waals surface area contributed by atoms with Gasteiger partial charge in [0.05, 0.1) is 42.5 Å². The van der Waals surface area contributed by atoms with Crippen LogP contribution in [-0.4, -0.2) is 51.6 Å². The Morgan fingerprint density at radius 1 is 1.03 bits per heavy atom. The number of unbranched alkanes of at least 4 members (excludes halogenated alkanes) is 2. The molecule has 0 amide bonds. The van der Waals surface area contributed by atoms with E-state index < -0.39 is 17.1 Å². The van der Waals surface area contributed by atoms with Crippen molar-refractivity contribution in [3.63, 3.8) is 0 Å². The molecule has 4 unspecified atom stereocenters. The van der Waals surface area contributed by atoms with Gasteiger partial charge in [0.25, 0.3) is 0 Å². The summed E-state index contributed by atoms with van der Waals surface area (Å²) in [5, 5.41) is 20.7. The fraction of sp³-hybridized carbons (Fsp3) is 0.600. The first-order valence-electron chi connectivity index (χ1n) is 14.1. The number of rotatable bonds is 13. The van der Waals surface area contributed by atoms with E-state index in [-0.39, 0.29) is 18.8 Å². The van der Waals surface area contributed by atoms with Crippen LogP contribution >= 0.6 is 11.6 Å². The fourth-order valence-electron chi connectivity index (χ4n) is 5.34. The maximum absolute atomic E-state index is 12.3. The second-order valence-electron chi connectivity index (χ2n) is 10.6. The zero-order valence-electron chi connectivity index (χ0n) is 22.2. The smallest absolute Gasteiger partial charge is 0.119 e. The summed E-state index contributed by atoms with van der Waals surface area (Å²) >= 11 is 6.50. The summed E-state index contributed by atoms with van der Waals surface area (Å²) in [6, 6.07) is 14.0. The van der Waals surface area contributed by atoms with Crippen LogP contribution in [0.3, 0.4) is 0 Å². The molecule has 2 fully saturated rings. The zero-order valence-corrected chi connectivity index (χ0v) is 23.7. The van der Waals surface area contributed by atoms with Gasteiger partial charge in [-0.1, -0.05) is 55.1 Å². The van der Waals surface area contributed by atoms with Crippen LogP contribution in [-0.2, 0) is 22.1 Å². The lowest BCUT2D eigenvalue weighted by molar-refractivity contribution is -0.113. The Kier molecular flexibility index (Phi) is 11.9. The van der Waals surface area contributed by atoms with Crippen LogP contribution in [0.4, 0.5) is 0 Å². The molecule has 3 N–H and O–H groups in total. The van der Waals surface area contributed by atoms with Gasteiger partial charge < -0.3 is 19.7 Å². The maximum Gasteiger partial charge on any atom is 0.119 e. The highest BCUT2D eigenvalue weighted by atomic mass is 35.5. The number of hydrogen-bond acceptors (Lipinski definition) is 5. The van der Waals surface area contributed by atoms with E-state index in [1.807, 2.05) is 30.3 Å². The predicted molar refractivity (Wildman–Crippen MR) is 153 cm³/mol. The Hall–Kier alpha value is -1.48. The molecule has 2 aromatic rings. The van der Waals surface area contributed by atoms with E-state index in [4.69, 9.17) is 21.1 Å². The highest BCUT2D eigenvalue weighted by Crippen LogP contribution is 2.34. The van der Waals surface area contributed by atoms with E-state index in [0.29, 0.717) is 36.1 Å². The molecule has 6 nitrogen and oxygen atoms in total. The third-order valence-electron chi connectivity index (χ3n) is 7.53. The SMILES string of the molecule is O=S(NCCCCCOc1ccc(Cc2cc(C3CC(O)CC(CO)O3)ccc2Cl)cc1)C1CCCCC1. The lowest BCUT2D eigenvalue weighted by Crippen LogP contribution is -2.33. The molecule has 1 saturated heterocycles. The number of benzene rings is 2. The molecule has 2 aromatic carbocycles. The Morgan fingerprint density at radius 2 is 1.82 bits per heavy atom. The third-order valence-corrected chi connectivity index (χ3v) is 9.46. The molecule has 0 radical (unpaired) electrons. The molecule has 1 aliphatic carbocycles. The lowest BCUT2D eigenvalue weighted by Gasteiger charge is -2.32. The molecule has 1 aliphatic heterocycles. The Balaban J connectivity index is 1.17. The van der Waals surface area contributed by atoms with Gasteiger partial charge in [0.1, 0.15) is 5.75 Å². The van der Waals surface area contributed by atoms with E-state index in [9.17, 15) is 14.4 Å². The van der Waals surface area contributed by atoms with Crippen LogP contribution < -0.4 is 9.46 Å². The average molecular weight is 564 g/mol. The molecule has 1 heterocycles. The van der Waals surface area contributed by atoms with Crippen LogP contribution in [0, 0.1) is 0 Å². The molecular weight excluding hydrogens is 522 g/mol. The summed E-state index contributed by atoms with van der Waals surface area (Å²) in [5.74, 6) is 0.852. The van der Waals surface area contributed by atoms with E-state index >= 15 is 0 Å². The Bertz CT molecular complexity index is 1010. The first-order valence-corrected chi connectivity index (χ1v) is 15.7. The quantitative estimate of drug-likeness (QED) is 0.275. The highest BCUT2D eigenvalue weighted by molar-refractivity contribution is 7.83.